The molecule has 1 radical (unpaired) electrons. The van der Waals surface area contributed by atoms with Crippen LogP contribution >= 0.6 is 0 Å². The largest absolute Gasteiger partial charge is 0.398 e. The molecule has 0 heterocycles. The van der Waals surface area contributed by atoms with Crippen molar-refractivity contribution in [1.29, 1.82) is 0 Å². The van der Waals surface area contributed by atoms with Crippen molar-refractivity contribution in [3.05, 3.63) is 29.8 Å². The van der Waals surface area contributed by atoms with Gasteiger partial charge in [0.15, 0.2) is 0 Å². The lowest BCUT2D eigenvalue weighted by atomic mass is 9.97. The molecule has 0 bridgehead atoms. The number of nitrogen functional groups attached to an aromatic ring is 1. The normalized spacial score (nSPS) is 11.5. The van der Waals surface area contributed by atoms with Crippen LogP contribution in [0.5, 0.6) is 0 Å². The Morgan fingerprint density at radius 1 is 1.55 bits per heavy atom. The Labute approximate surface area is 66.7 Å². The smallest absolute Gasteiger partial charge is 0.0860 e. The van der Waals surface area contributed by atoms with Crippen molar-refractivity contribution in [2.45, 2.75) is 19.4 Å². The molecule has 0 saturated heterocycles. The first-order valence-corrected chi connectivity index (χ1v) is 3.51. The minimum absolute atomic E-state index is 0.514. The van der Waals surface area contributed by atoms with Gasteiger partial charge in [-0.1, -0.05) is 18.2 Å². The van der Waals surface area contributed by atoms with Crippen molar-refractivity contribution in [3.63, 3.8) is 0 Å². The fourth-order valence-corrected chi connectivity index (χ4v) is 0.983. The molecule has 2 nitrogen and oxygen atoms in total. The molecule has 0 aliphatic rings. The van der Waals surface area contributed by atoms with Crippen LogP contribution in [0.4, 0.5) is 5.69 Å². The Hall–Kier alpha value is -1.02. The van der Waals surface area contributed by atoms with E-state index in [1.54, 1.807) is 26.0 Å². The summed E-state index contributed by atoms with van der Waals surface area (Å²) in [7, 11) is 0. The van der Waals surface area contributed by atoms with E-state index < -0.39 is 5.60 Å². The number of anilines is 1. The maximum Gasteiger partial charge on any atom is 0.0860 e. The third-order valence-electron chi connectivity index (χ3n) is 1.55. The number of hydrogen-bond donors (Lipinski definition) is 2. The number of benzene rings is 1. The van der Waals surface area contributed by atoms with E-state index in [1.807, 2.05) is 6.07 Å². The van der Waals surface area contributed by atoms with E-state index in [4.69, 9.17) is 5.73 Å². The van der Waals surface area contributed by atoms with E-state index in [2.05, 4.69) is 6.07 Å². The van der Waals surface area contributed by atoms with Gasteiger partial charge >= 0.3 is 0 Å². The van der Waals surface area contributed by atoms with E-state index in [1.165, 1.54) is 0 Å². The molecule has 0 saturated carbocycles. The minimum atomic E-state index is -0.873. The van der Waals surface area contributed by atoms with Crippen molar-refractivity contribution in [3.8, 4) is 0 Å². The number of nitrogens with two attached hydrogens (primary N) is 1. The summed E-state index contributed by atoms with van der Waals surface area (Å²) < 4.78 is 0. The Morgan fingerprint density at radius 3 is 2.55 bits per heavy atom. The van der Waals surface area contributed by atoms with Gasteiger partial charge in [-0.15, -0.1) is 0 Å². The van der Waals surface area contributed by atoms with Crippen LogP contribution in [0.3, 0.4) is 0 Å². The first-order valence-electron chi connectivity index (χ1n) is 3.51. The molecule has 1 aromatic rings. The first kappa shape index (κ1) is 8.08. The summed E-state index contributed by atoms with van der Waals surface area (Å²) in [6, 6.07) is 8.16. The topological polar surface area (TPSA) is 46.2 Å². The van der Waals surface area contributed by atoms with Crippen molar-refractivity contribution >= 4 is 5.69 Å². The van der Waals surface area contributed by atoms with Crippen LogP contribution in [-0.4, -0.2) is 5.11 Å². The molecule has 0 atom stereocenters. The average molecular weight is 150 g/mol. The molecular weight excluding hydrogens is 138 g/mol. The van der Waals surface area contributed by atoms with Gasteiger partial charge in [0.1, 0.15) is 0 Å². The van der Waals surface area contributed by atoms with E-state index in [-0.39, 0.29) is 0 Å². The van der Waals surface area contributed by atoms with Gasteiger partial charge in [0.2, 0.25) is 0 Å². The van der Waals surface area contributed by atoms with Gasteiger partial charge in [0.05, 0.1) is 5.60 Å². The van der Waals surface area contributed by atoms with E-state index >= 15 is 0 Å². The molecule has 0 aliphatic heterocycles. The zero-order valence-corrected chi connectivity index (χ0v) is 6.76. The molecule has 59 valence electrons. The summed E-state index contributed by atoms with van der Waals surface area (Å²) in [6.07, 6.45) is 0. The van der Waals surface area contributed by atoms with Gasteiger partial charge in [-0.25, -0.2) is 0 Å². The van der Waals surface area contributed by atoms with Gasteiger partial charge < -0.3 is 10.8 Å². The zero-order chi connectivity index (χ0) is 8.48. The predicted octanol–water partition coefficient (Wildman–Crippen LogP) is 1.30. The van der Waals surface area contributed by atoms with Gasteiger partial charge in [0, 0.05) is 17.3 Å². The predicted molar refractivity (Wildman–Crippen MR) is 44.9 cm³/mol. The summed E-state index contributed by atoms with van der Waals surface area (Å²) in [5, 5.41) is 9.57. The summed E-state index contributed by atoms with van der Waals surface area (Å²) in [6.45, 7) is 3.40. The second-order valence-corrected chi connectivity index (χ2v) is 3.06. The maximum absolute atomic E-state index is 9.57. The molecule has 0 aromatic heterocycles. The van der Waals surface area contributed by atoms with Crippen LogP contribution in [0, 0.1) is 6.07 Å². The first-order chi connectivity index (χ1) is 5.02. The quantitative estimate of drug-likeness (QED) is 0.593. The summed E-state index contributed by atoms with van der Waals surface area (Å²) in [4.78, 5) is 0. The lowest BCUT2D eigenvalue weighted by molar-refractivity contribution is 0.0794. The highest BCUT2D eigenvalue weighted by Gasteiger charge is 2.17. The summed E-state index contributed by atoms with van der Waals surface area (Å²) >= 11 is 0. The van der Waals surface area contributed by atoms with Crippen LogP contribution in [0.15, 0.2) is 18.2 Å². The molecule has 1 aromatic carbocycles. The Kier molecular flexibility index (Phi) is 1.87. The van der Waals surface area contributed by atoms with Crippen LogP contribution in [0.2, 0.25) is 0 Å². The second kappa shape index (κ2) is 2.55. The Balaban J connectivity index is 3.14. The highest BCUT2D eigenvalue weighted by atomic mass is 16.3. The molecule has 0 aliphatic carbocycles. The average Bonchev–Trinajstić information content (AvgIpc) is 1.86. The molecular formula is C9H12NO. The van der Waals surface area contributed by atoms with Crippen molar-refractivity contribution in [2.75, 3.05) is 5.73 Å². The van der Waals surface area contributed by atoms with Crippen LogP contribution < -0.4 is 5.73 Å². The number of aliphatic hydroxyl groups is 1. The minimum Gasteiger partial charge on any atom is -0.398 e. The molecule has 3 N–H and O–H groups in total. The standard InChI is InChI=1S/C9H12NO/c1-9(2,11)7-5-3-4-6-8(7)10/h3-5,11H,10H2,1-2H3. The Bertz CT molecular complexity index is 250. The van der Waals surface area contributed by atoms with Crippen molar-refractivity contribution in [1.82, 2.24) is 0 Å². The van der Waals surface area contributed by atoms with Crippen LogP contribution in [-0.2, 0) is 5.60 Å². The van der Waals surface area contributed by atoms with Gasteiger partial charge in [-0.2, -0.15) is 0 Å². The summed E-state index contributed by atoms with van der Waals surface area (Å²) in [5.74, 6) is 0. The third-order valence-corrected chi connectivity index (χ3v) is 1.55. The molecule has 0 amide bonds. The SMILES string of the molecule is CC(C)(O)c1ccc[c]c1N. The second-order valence-electron chi connectivity index (χ2n) is 3.06. The highest BCUT2D eigenvalue weighted by Crippen LogP contribution is 2.24. The third kappa shape index (κ3) is 1.71. The van der Waals surface area contributed by atoms with E-state index in [0.29, 0.717) is 5.69 Å². The fourth-order valence-electron chi connectivity index (χ4n) is 0.983. The van der Waals surface area contributed by atoms with E-state index in [9.17, 15) is 5.11 Å². The fraction of sp³-hybridized carbons (Fsp3) is 0.333. The number of hydrogen-bond acceptors (Lipinski definition) is 2. The molecule has 0 unspecified atom stereocenters. The van der Waals surface area contributed by atoms with Gasteiger partial charge in [-0.3, -0.25) is 0 Å². The molecule has 1 rings (SSSR count). The van der Waals surface area contributed by atoms with Crippen molar-refractivity contribution in [2.24, 2.45) is 0 Å². The zero-order valence-electron chi connectivity index (χ0n) is 6.76. The van der Waals surface area contributed by atoms with E-state index in [0.717, 1.165) is 5.56 Å². The number of rotatable bonds is 1. The molecule has 11 heavy (non-hydrogen) atoms. The molecule has 2 heteroatoms. The maximum atomic E-state index is 9.57. The van der Waals surface area contributed by atoms with Gasteiger partial charge in [-0.05, 0) is 13.8 Å². The lowest BCUT2D eigenvalue weighted by Gasteiger charge is -2.19. The highest BCUT2D eigenvalue weighted by molar-refractivity contribution is 5.47. The van der Waals surface area contributed by atoms with Crippen LogP contribution in [0.1, 0.15) is 19.4 Å². The van der Waals surface area contributed by atoms with Gasteiger partial charge in [0.25, 0.3) is 0 Å². The monoisotopic (exact) mass is 150 g/mol. The lowest BCUT2D eigenvalue weighted by Crippen LogP contribution is -2.17. The number of para-hydroxylation sites is 1. The summed E-state index contributed by atoms with van der Waals surface area (Å²) in [5.41, 5.74) is 5.95. The van der Waals surface area contributed by atoms with Crippen LogP contribution in [0.25, 0.3) is 0 Å². The Morgan fingerprint density at radius 2 is 2.18 bits per heavy atom. The molecule has 0 spiro atoms. The molecule has 0 fully saturated rings. The van der Waals surface area contributed by atoms with Crippen molar-refractivity contribution < 1.29 is 5.11 Å².